The highest BCUT2D eigenvalue weighted by Gasteiger charge is 2.42. The Balaban J connectivity index is 1.92. The van der Waals surface area contributed by atoms with Crippen LogP contribution in [0.5, 0.6) is 0 Å². The van der Waals surface area contributed by atoms with Crippen LogP contribution in [0.1, 0.15) is 37.8 Å². The minimum Gasteiger partial charge on any atom is -0.469 e. The molecule has 0 saturated carbocycles. The quantitative estimate of drug-likeness (QED) is 0.802. The topological polar surface area (TPSA) is 75.7 Å². The van der Waals surface area contributed by atoms with Crippen LogP contribution in [-0.4, -0.2) is 38.5 Å². The third kappa shape index (κ3) is 3.58. The summed E-state index contributed by atoms with van der Waals surface area (Å²) in [6.07, 6.45) is 0.887. The van der Waals surface area contributed by atoms with Crippen molar-refractivity contribution in [2.45, 2.75) is 38.5 Å². The smallest absolute Gasteiger partial charge is 0.306 e. The molecule has 1 heterocycles. The highest BCUT2D eigenvalue weighted by molar-refractivity contribution is 6.07. The fraction of sp³-hybridized carbons (Fsp3) is 0.500. The van der Waals surface area contributed by atoms with Crippen molar-refractivity contribution in [1.29, 1.82) is 0 Å². The van der Waals surface area contributed by atoms with Crippen molar-refractivity contribution in [3.63, 3.8) is 0 Å². The Labute approximate surface area is 142 Å². The monoisotopic (exact) mass is 332 g/mol. The van der Waals surface area contributed by atoms with E-state index < -0.39 is 5.41 Å². The van der Waals surface area contributed by atoms with Gasteiger partial charge in [-0.2, -0.15) is 0 Å². The average Bonchev–Trinajstić information content (AvgIpc) is 2.73. The molecule has 6 nitrogen and oxygen atoms in total. The van der Waals surface area contributed by atoms with Crippen LogP contribution in [0.15, 0.2) is 18.2 Å². The number of amides is 2. The van der Waals surface area contributed by atoms with Crippen LogP contribution in [0.4, 0.5) is 5.69 Å². The van der Waals surface area contributed by atoms with Gasteiger partial charge in [0.25, 0.3) is 0 Å². The van der Waals surface area contributed by atoms with E-state index in [1.54, 1.807) is 11.9 Å². The van der Waals surface area contributed by atoms with E-state index in [1.807, 2.05) is 32.0 Å². The number of ether oxygens (including phenoxy) is 1. The van der Waals surface area contributed by atoms with Gasteiger partial charge in [-0.05, 0) is 37.5 Å². The van der Waals surface area contributed by atoms with Crippen LogP contribution in [0.2, 0.25) is 0 Å². The Morgan fingerprint density at radius 3 is 2.62 bits per heavy atom. The third-order valence-corrected chi connectivity index (χ3v) is 4.45. The van der Waals surface area contributed by atoms with Gasteiger partial charge in [-0.3, -0.25) is 14.4 Å². The van der Waals surface area contributed by atoms with E-state index in [0.29, 0.717) is 13.0 Å². The number of hydrogen-bond donors (Lipinski definition) is 1. The molecule has 0 saturated heterocycles. The fourth-order valence-corrected chi connectivity index (χ4v) is 2.93. The van der Waals surface area contributed by atoms with Gasteiger partial charge in [0.15, 0.2) is 0 Å². The number of methoxy groups -OCH3 is 1. The lowest BCUT2D eigenvalue weighted by Crippen LogP contribution is -2.33. The summed E-state index contributed by atoms with van der Waals surface area (Å²) in [5.41, 5.74) is 2.50. The molecule has 130 valence electrons. The first-order valence-electron chi connectivity index (χ1n) is 8.02. The number of anilines is 1. The maximum atomic E-state index is 12.3. The standard InChI is InChI=1S/C18H24N2O4/c1-18(2)13-11-12(5-6-14(13)20(3)17(18)23)9-10-19-15(21)7-8-16(22)24-4/h5-6,11H,7-10H2,1-4H3,(H,19,21). The summed E-state index contributed by atoms with van der Waals surface area (Å²) < 4.78 is 4.50. The molecule has 0 aromatic heterocycles. The van der Waals surface area contributed by atoms with E-state index in [9.17, 15) is 14.4 Å². The molecule has 1 N–H and O–H groups in total. The number of carbonyl (C=O) groups is 3. The minimum absolute atomic E-state index is 0.0871. The van der Waals surface area contributed by atoms with E-state index in [1.165, 1.54) is 7.11 Å². The van der Waals surface area contributed by atoms with Gasteiger partial charge in [0.2, 0.25) is 11.8 Å². The summed E-state index contributed by atoms with van der Waals surface area (Å²) in [7, 11) is 3.09. The summed E-state index contributed by atoms with van der Waals surface area (Å²) in [4.78, 5) is 36.6. The van der Waals surface area contributed by atoms with Crippen LogP contribution >= 0.6 is 0 Å². The SMILES string of the molecule is COC(=O)CCC(=O)NCCc1ccc2c(c1)C(C)(C)C(=O)N2C. The van der Waals surface area contributed by atoms with Crippen molar-refractivity contribution in [1.82, 2.24) is 5.32 Å². The zero-order valence-electron chi connectivity index (χ0n) is 14.6. The normalized spacial score (nSPS) is 15.2. The average molecular weight is 332 g/mol. The van der Waals surface area contributed by atoms with Gasteiger partial charge in [-0.1, -0.05) is 12.1 Å². The number of esters is 1. The van der Waals surface area contributed by atoms with Gasteiger partial charge < -0.3 is 15.0 Å². The molecule has 2 rings (SSSR count). The van der Waals surface area contributed by atoms with Crippen molar-refractivity contribution in [2.75, 3.05) is 25.6 Å². The van der Waals surface area contributed by atoms with E-state index >= 15 is 0 Å². The van der Waals surface area contributed by atoms with Crippen molar-refractivity contribution in [2.24, 2.45) is 0 Å². The summed E-state index contributed by atoms with van der Waals surface area (Å²) in [6, 6.07) is 5.97. The molecule has 1 aliphatic rings. The molecule has 0 atom stereocenters. The zero-order valence-corrected chi connectivity index (χ0v) is 14.6. The summed E-state index contributed by atoms with van der Waals surface area (Å²) in [5.74, 6) is -0.470. The fourth-order valence-electron chi connectivity index (χ4n) is 2.93. The van der Waals surface area contributed by atoms with Crippen LogP contribution in [0.25, 0.3) is 0 Å². The highest BCUT2D eigenvalue weighted by Crippen LogP contribution is 2.41. The second-order valence-corrected chi connectivity index (χ2v) is 6.52. The first kappa shape index (κ1) is 18.0. The maximum absolute atomic E-state index is 12.3. The molecule has 1 aromatic rings. The first-order chi connectivity index (χ1) is 11.3. The lowest BCUT2D eigenvalue weighted by molar-refractivity contribution is -0.142. The number of benzene rings is 1. The number of nitrogens with one attached hydrogen (secondary N) is 1. The molecular weight excluding hydrogens is 308 g/mol. The first-order valence-corrected chi connectivity index (χ1v) is 8.02. The second-order valence-electron chi connectivity index (χ2n) is 6.52. The molecule has 0 bridgehead atoms. The van der Waals surface area contributed by atoms with Gasteiger partial charge >= 0.3 is 5.97 Å². The van der Waals surface area contributed by atoms with Crippen molar-refractivity contribution >= 4 is 23.5 Å². The molecule has 0 unspecified atom stereocenters. The lowest BCUT2D eigenvalue weighted by atomic mass is 9.85. The van der Waals surface area contributed by atoms with Crippen molar-refractivity contribution in [3.05, 3.63) is 29.3 Å². The predicted octanol–water partition coefficient (Wildman–Crippen LogP) is 1.55. The lowest BCUT2D eigenvalue weighted by Gasteiger charge is -2.16. The molecular formula is C18H24N2O4. The molecule has 1 aliphatic heterocycles. The largest absolute Gasteiger partial charge is 0.469 e. The molecule has 0 radical (unpaired) electrons. The van der Waals surface area contributed by atoms with Crippen molar-refractivity contribution in [3.8, 4) is 0 Å². The highest BCUT2D eigenvalue weighted by atomic mass is 16.5. The van der Waals surface area contributed by atoms with Crippen LogP contribution in [0.3, 0.4) is 0 Å². The van der Waals surface area contributed by atoms with E-state index in [4.69, 9.17) is 0 Å². The number of hydrogen-bond acceptors (Lipinski definition) is 4. The van der Waals surface area contributed by atoms with Gasteiger partial charge in [-0.25, -0.2) is 0 Å². The molecule has 0 aliphatic carbocycles. The van der Waals surface area contributed by atoms with Gasteiger partial charge in [0.05, 0.1) is 18.9 Å². The third-order valence-electron chi connectivity index (χ3n) is 4.45. The Morgan fingerprint density at radius 1 is 1.25 bits per heavy atom. The van der Waals surface area contributed by atoms with E-state index in [-0.39, 0.29) is 30.6 Å². The summed E-state index contributed by atoms with van der Waals surface area (Å²) >= 11 is 0. The van der Waals surface area contributed by atoms with Crippen LogP contribution in [-0.2, 0) is 31.0 Å². The molecule has 0 fully saturated rings. The Morgan fingerprint density at radius 2 is 1.96 bits per heavy atom. The van der Waals surface area contributed by atoms with E-state index in [2.05, 4.69) is 10.1 Å². The number of rotatable bonds is 6. The van der Waals surface area contributed by atoms with Crippen LogP contribution < -0.4 is 10.2 Å². The maximum Gasteiger partial charge on any atom is 0.306 e. The van der Waals surface area contributed by atoms with Gasteiger partial charge in [-0.15, -0.1) is 0 Å². The van der Waals surface area contributed by atoms with Crippen LogP contribution in [0, 0.1) is 0 Å². The van der Waals surface area contributed by atoms with Crippen molar-refractivity contribution < 1.29 is 19.1 Å². The van der Waals surface area contributed by atoms with Gasteiger partial charge in [0, 0.05) is 25.7 Å². The predicted molar refractivity (Wildman–Crippen MR) is 90.8 cm³/mol. The summed E-state index contributed by atoms with van der Waals surface area (Å²) in [6.45, 7) is 4.34. The van der Waals surface area contributed by atoms with Gasteiger partial charge in [0.1, 0.15) is 0 Å². The summed E-state index contributed by atoms with van der Waals surface area (Å²) in [5, 5.41) is 2.79. The minimum atomic E-state index is -0.524. The molecule has 0 spiro atoms. The molecule has 6 heteroatoms. The molecule has 2 amide bonds. The Hall–Kier alpha value is -2.37. The Bertz CT molecular complexity index is 667. The number of nitrogens with zero attached hydrogens (tertiary/aromatic N) is 1. The molecule has 24 heavy (non-hydrogen) atoms. The zero-order chi connectivity index (χ0) is 17.9. The number of carbonyl (C=O) groups excluding carboxylic acids is 3. The second kappa shape index (κ2) is 7.03. The number of likely N-dealkylation sites (N-methyl/N-ethyl adjacent to an activating group) is 1. The Kier molecular flexibility index (Phi) is 5.26. The number of fused-ring (bicyclic) bond motifs is 1. The van der Waals surface area contributed by atoms with E-state index in [0.717, 1.165) is 16.8 Å². The molecule has 1 aromatic carbocycles.